The fourth-order valence-electron chi connectivity index (χ4n) is 0.510. The molecular formula is C6H10BrO2-. The summed E-state index contributed by atoms with van der Waals surface area (Å²) in [5.74, 6) is -0.629. The minimum absolute atomic E-state index is 0.396. The molecule has 0 N–H and O–H groups in total. The Morgan fingerprint density at radius 1 is 1.67 bits per heavy atom. The Morgan fingerprint density at radius 3 is 2.22 bits per heavy atom. The predicted molar refractivity (Wildman–Crippen MR) is 37.2 cm³/mol. The van der Waals surface area contributed by atoms with Gasteiger partial charge in [0.05, 0.1) is 10.8 Å². The third kappa shape index (κ3) is 4.45. The number of carboxylic acid groups (broad SMARTS) is 1. The largest absolute Gasteiger partial charge is 0.549 e. The Labute approximate surface area is 63.4 Å². The molecule has 0 saturated carbocycles. The first-order valence-corrected chi connectivity index (χ1v) is 3.80. The van der Waals surface area contributed by atoms with E-state index < -0.39 is 10.8 Å². The zero-order chi connectivity index (χ0) is 7.44. The Balaban J connectivity index is 3.50. The number of carboxylic acids is 1. The summed E-state index contributed by atoms with van der Waals surface area (Å²) >= 11 is 2.98. The first kappa shape index (κ1) is 8.95. The van der Waals surface area contributed by atoms with E-state index >= 15 is 0 Å². The van der Waals surface area contributed by atoms with Gasteiger partial charge in [-0.25, -0.2) is 0 Å². The van der Waals surface area contributed by atoms with Gasteiger partial charge in [0.2, 0.25) is 0 Å². The van der Waals surface area contributed by atoms with Crippen LogP contribution in [-0.4, -0.2) is 10.8 Å². The molecule has 0 radical (unpaired) electrons. The van der Waals surface area contributed by atoms with E-state index in [0.717, 1.165) is 0 Å². The molecule has 9 heavy (non-hydrogen) atoms. The number of hydrogen-bond acceptors (Lipinski definition) is 2. The van der Waals surface area contributed by atoms with Crippen molar-refractivity contribution in [2.75, 3.05) is 0 Å². The molecule has 0 aromatic heterocycles. The zero-order valence-electron chi connectivity index (χ0n) is 5.56. The number of aliphatic carboxylic acids is 1. The molecule has 0 aliphatic heterocycles. The van der Waals surface area contributed by atoms with Gasteiger partial charge in [-0.3, -0.25) is 0 Å². The van der Waals surface area contributed by atoms with Crippen molar-refractivity contribution in [3.8, 4) is 0 Å². The molecule has 1 atom stereocenters. The van der Waals surface area contributed by atoms with E-state index in [1.54, 1.807) is 0 Å². The van der Waals surface area contributed by atoms with E-state index in [-0.39, 0.29) is 0 Å². The van der Waals surface area contributed by atoms with Crippen LogP contribution >= 0.6 is 15.9 Å². The molecule has 0 aliphatic carbocycles. The van der Waals surface area contributed by atoms with Crippen molar-refractivity contribution in [3.05, 3.63) is 0 Å². The van der Waals surface area contributed by atoms with Crippen LogP contribution in [0.1, 0.15) is 20.3 Å². The van der Waals surface area contributed by atoms with Gasteiger partial charge in [-0.05, 0) is 12.3 Å². The number of carbonyl (C=O) groups excluding carboxylic acids is 1. The number of carbonyl (C=O) groups is 1. The normalized spacial score (nSPS) is 13.8. The molecule has 0 amide bonds. The van der Waals surface area contributed by atoms with Crippen molar-refractivity contribution in [2.24, 2.45) is 5.92 Å². The molecule has 0 heterocycles. The molecule has 54 valence electrons. The molecule has 0 saturated heterocycles. The topological polar surface area (TPSA) is 40.1 Å². The van der Waals surface area contributed by atoms with Crippen molar-refractivity contribution < 1.29 is 9.90 Å². The average Bonchev–Trinajstić information content (AvgIpc) is 1.63. The molecule has 0 unspecified atom stereocenters. The van der Waals surface area contributed by atoms with E-state index in [2.05, 4.69) is 15.9 Å². The fourth-order valence-corrected chi connectivity index (χ4v) is 1.26. The Hall–Kier alpha value is -0.0500. The summed E-state index contributed by atoms with van der Waals surface area (Å²) in [6.07, 6.45) is 0.627. The number of alkyl halides is 1. The molecule has 0 aromatic rings. The van der Waals surface area contributed by atoms with Crippen molar-refractivity contribution in [3.63, 3.8) is 0 Å². The Bertz CT molecular complexity index is 101. The minimum atomic E-state index is -1.02. The highest BCUT2D eigenvalue weighted by Gasteiger charge is 2.06. The Kier molecular flexibility index (Phi) is 3.86. The zero-order valence-corrected chi connectivity index (χ0v) is 7.14. The van der Waals surface area contributed by atoms with Gasteiger partial charge in [-0.2, -0.15) is 0 Å². The molecule has 0 rings (SSSR count). The molecule has 0 aliphatic rings. The standard InChI is InChI=1S/C6H11BrO2/c1-4(2)3-5(7)6(8)9/h4-5H,3H2,1-2H3,(H,8,9)/p-1/t5-/m1/s1. The summed E-state index contributed by atoms with van der Waals surface area (Å²) in [4.78, 5) is 9.59. The number of hydrogen-bond donors (Lipinski definition) is 0. The van der Waals surface area contributed by atoms with Gasteiger partial charge in [0.25, 0.3) is 0 Å². The molecule has 3 heteroatoms. The van der Waals surface area contributed by atoms with E-state index in [1.165, 1.54) is 0 Å². The van der Waals surface area contributed by atoms with Crippen molar-refractivity contribution >= 4 is 21.9 Å². The number of halogens is 1. The van der Waals surface area contributed by atoms with Crippen LogP contribution in [-0.2, 0) is 4.79 Å². The van der Waals surface area contributed by atoms with Gasteiger partial charge in [0, 0.05) is 0 Å². The summed E-state index contributed by atoms with van der Waals surface area (Å²) in [5, 5.41) is 10.1. The van der Waals surface area contributed by atoms with Gasteiger partial charge < -0.3 is 9.90 Å². The van der Waals surface area contributed by atoms with Crippen molar-refractivity contribution in [1.29, 1.82) is 0 Å². The van der Waals surface area contributed by atoms with Crippen LogP contribution in [0.2, 0.25) is 0 Å². The van der Waals surface area contributed by atoms with E-state index in [1.807, 2.05) is 13.8 Å². The molecule has 0 spiro atoms. The van der Waals surface area contributed by atoms with Crippen LogP contribution in [0.25, 0.3) is 0 Å². The van der Waals surface area contributed by atoms with Crippen molar-refractivity contribution in [2.45, 2.75) is 25.1 Å². The maximum Gasteiger partial charge on any atom is 0.0551 e. The van der Waals surface area contributed by atoms with E-state index in [4.69, 9.17) is 0 Å². The summed E-state index contributed by atoms with van der Waals surface area (Å²) in [7, 11) is 0. The maximum absolute atomic E-state index is 10.1. The second-order valence-corrected chi connectivity index (χ2v) is 3.52. The van der Waals surface area contributed by atoms with Gasteiger partial charge in [0.15, 0.2) is 0 Å². The highest BCUT2D eigenvalue weighted by molar-refractivity contribution is 9.10. The smallest absolute Gasteiger partial charge is 0.0551 e. The lowest BCUT2D eigenvalue weighted by Crippen LogP contribution is -2.32. The van der Waals surface area contributed by atoms with Gasteiger partial charge >= 0.3 is 0 Å². The van der Waals surface area contributed by atoms with Crippen LogP contribution in [0.5, 0.6) is 0 Å². The van der Waals surface area contributed by atoms with Gasteiger partial charge in [-0.15, -0.1) is 0 Å². The van der Waals surface area contributed by atoms with Crippen LogP contribution in [0, 0.1) is 5.92 Å². The van der Waals surface area contributed by atoms with Crippen LogP contribution in [0.3, 0.4) is 0 Å². The third-order valence-corrected chi connectivity index (χ3v) is 1.68. The lowest BCUT2D eigenvalue weighted by atomic mass is 10.1. The lowest BCUT2D eigenvalue weighted by molar-refractivity contribution is -0.304. The van der Waals surface area contributed by atoms with E-state index in [0.29, 0.717) is 12.3 Å². The SMILES string of the molecule is CC(C)C[C@@H](Br)C(=O)[O-]. The quantitative estimate of drug-likeness (QED) is 0.615. The highest BCUT2D eigenvalue weighted by atomic mass is 79.9. The Morgan fingerprint density at radius 2 is 2.11 bits per heavy atom. The fraction of sp³-hybridized carbons (Fsp3) is 0.833. The second-order valence-electron chi connectivity index (χ2n) is 2.42. The first-order chi connectivity index (χ1) is 4.04. The second kappa shape index (κ2) is 3.88. The average molecular weight is 194 g/mol. The molecular weight excluding hydrogens is 184 g/mol. The van der Waals surface area contributed by atoms with E-state index in [9.17, 15) is 9.90 Å². The first-order valence-electron chi connectivity index (χ1n) is 2.89. The predicted octanol–water partition coefficient (Wildman–Crippen LogP) is 0.546. The lowest BCUT2D eigenvalue weighted by Gasteiger charge is -2.11. The third-order valence-electron chi connectivity index (χ3n) is 0.934. The van der Waals surface area contributed by atoms with Crippen LogP contribution in [0.15, 0.2) is 0 Å². The molecule has 0 fully saturated rings. The summed E-state index contributed by atoms with van der Waals surface area (Å²) in [6, 6.07) is 0. The molecule has 2 nitrogen and oxygen atoms in total. The maximum atomic E-state index is 10.1. The summed E-state index contributed by atoms with van der Waals surface area (Å²) < 4.78 is 0. The monoisotopic (exact) mass is 193 g/mol. The molecule has 0 bridgehead atoms. The highest BCUT2D eigenvalue weighted by Crippen LogP contribution is 2.10. The minimum Gasteiger partial charge on any atom is -0.549 e. The van der Waals surface area contributed by atoms with Crippen LogP contribution in [0.4, 0.5) is 0 Å². The summed E-state index contributed by atoms with van der Waals surface area (Å²) in [5.41, 5.74) is 0. The number of rotatable bonds is 3. The van der Waals surface area contributed by atoms with Gasteiger partial charge in [-0.1, -0.05) is 29.8 Å². The van der Waals surface area contributed by atoms with Crippen LogP contribution < -0.4 is 5.11 Å². The molecule has 0 aromatic carbocycles. The van der Waals surface area contributed by atoms with Gasteiger partial charge in [0.1, 0.15) is 0 Å². The van der Waals surface area contributed by atoms with Crippen molar-refractivity contribution in [1.82, 2.24) is 0 Å². The summed E-state index contributed by atoms with van der Waals surface area (Å²) in [6.45, 7) is 3.94.